The van der Waals surface area contributed by atoms with E-state index in [0.717, 1.165) is 18.4 Å². The lowest BCUT2D eigenvalue weighted by atomic mass is 10.2. The van der Waals surface area contributed by atoms with Crippen molar-refractivity contribution in [2.75, 3.05) is 13.1 Å². The monoisotopic (exact) mass is 286 g/mol. The molecule has 1 heterocycles. The molecular formula is C13H22N2O3S. The van der Waals surface area contributed by atoms with Crippen molar-refractivity contribution in [2.24, 2.45) is 0 Å². The van der Waals surface area contributed by atoms with Gasteiger partial charge >= 0.3 is 0 Å². The van der Waals surface area contributed by atoms with Crippen molar-refractivity contribution < 1.29 is 15.8 Å². The van der Waals surface area contributed by atoms with E-state index in [1.165, 1.54) is 0 Å². The number of rotatable bonds is 8. The fraction of sp³-hybridized carbons (Fsp3) is 0.615. The van der Waals surface area contributed by atoms with E-state index in [4.69, 9.17) is 0 Å². The number of unbranched alkanes of at least 4 members (excludes halogenated alkanes) is 2. The molecule has 0 aliphatic carbocycles. The minimum Gasteiger partial charge on any atom is -0.354 e. The quantitative estimate of drug-likeness (QED) is 0.400. The highest BCUT2D eigenvalue weighted by molar-refractivity contribution is 7.81. The highest BCUT2D eigenvalue weighted by atomic mass is 32.1. The zero-order chi connectivity index (χ0) is 14.3. The topological polar surface area (TPSA) is 66.5 Å². The summed E-state index contributed by atoms with van der Waals surface area (Å²) >= 11 is 4.17. The van der Waals surface area contributed by atoms with E-state index < -0.39 is 0 Å². The molecule has 1 fully saturated rings. The third-order valence-electron chi connectivity index (χ3n) is 3.00. The van der Waals surface area contributed by atoms with Crippen LogP contribution in [0.25, 0.3) is 0 Å². The minimum atomic E-state index is -0.299. The van der Waals surface area contributed by atoms with E-state index in [1.807, 2.05) is 0 Å². The molecule has 0 radical (unpaired) electrons. The SMILES string of the molecule is C=C1CC(S)C(=O)N1CCNC(=O)CCCCC=O.[HH]. The highest BCUT2D eigenvalue weighted by Crippen LogP contribution is 2.24. The first kappa shape index (κ1) is 15.8. The maximum atomic E-state index is 11.7. The van der Waals surface area contributed by atoms with Crippen molar-refractivity contribution in [1.82, 2.24) is 10.2 Å². The standard InChI is InChI=1S/C13H20N2O3S.H2/c1-10-9-11(19)13(18)15(10)7-6-14-12(17)5-3-2-4-8-16;/h8,11,19H,1-7,9H2,(H,14,17);1H. The van der Waals surface area contributed by atoms with Crippen molar-refractivity contribution in [3.63, 3.8) is 0 Å². The first-order valence-electron chi connectivity index (χ1n) is 6.43. The van der Waals surface area contributed by atoms with E-state index in [0.29, 0.717) is 38.8 Å². The lowest BCUT2D eigenvalue weighted by Crippen LogP contribution is -2.35. The van der Waals surface area contributed by atoms with E-state index in [-0.39, 0.29) is 18.5 Å². The van der Waals surface area contributed by atoms with Crippen LogP contribution < -0.4 is 5.32 Å². The maximum absolute atomic E-state index is 11.7. The number of nitrogens with one attached hydrogen (secondary N) is 1. The Morgan fingerprint density at radius 2 is 2.32 bits per heavy atom. The summed E-state index contributed by atoms with van der Waals surface area (Å²) in [5.41, 5.74) is 0.755. The first-order chi connectivity index (χ1) is 9.06. The molecule has 0 aromatic carbocycles. The predicted octanol–water partition coefficient (Wildman–Crippen LogP) is 1.15. The molecular weight excluding hydrogens is 264 g/mol. The molecule has 19 heavy (non-hydrogen) atoms. The molecule has 0 spiro atoms. The second-order valence-electron chi connectivity index (χ2n) is 4.54. The average Bonchev–Trinajstić information content (AvgIpc) is 2.61. The molecule has 1 atom stereocenters. The Bertz CT molecular complexity index is 377. The van der Waals surface area contributed by atoms with Gasteiger partial charge in [-0.2, -0.15) is 12.6 Å². The summed E-state index contributed by atoms with van der Waals surface area (Å²) in [6.07, 6.45) is 3.78. The van der Waals surface area contributed by atoms with Crippen molar-refractivity contribution in [3.05, 3.63) is 12.3 Å². The Kier molecular flexibility index (Phi) is 6.62. The molecule has 0 aromatic heterocycles. The second-order valence-corrected chi connectivity index (χ2v) is 5.16. The van der Waals surface area contributed by atoms with Gasteiger partial charge in [0.1, 0.15) is 6.29 Å². The van der Waals surface area contributed by atoms with E-state index in [9.17, 15) is 14.4 Å². The van der Waals surface area contributed by atoms with E-state index in [2.05, 4.69) is 24.5 Å². The number of allylic oxidation sites excluding steroid dienone is 1. The third kappa shape index (κ3) is 5.06. The van der Waals surface area contributed by atoms with Gasteiger partial charge in [0.25, 0.3) is 0 Å². The number of likely N-dealkylation sites (tertiary alicyclic amines) is 1. The summed E-state index contributed by atoms with van der Waals surface area (Å²) in [6.45, 7) is 4.67. The summed E-state index contributed by atoms with van der Waals surface area (Å²) in [4.78, 5) is 34.8. The van der Waals surface area contributed by atoms with Crippen LogP contribution in [0.4, 0.5) is 0 Å². The molecule has 1 N–H and O–H groups in total. The number of amides is 2. The largest absolute Gasteiger partial charge is 0.354 e. The van der Waals surface area contributed by atoms with Gasteiger partial charge in [-0.15, -0.1) is 0 Å². The van der Waals surface area contributed by atoms with Crippen molar-refractivity contribution in [2.45, 2.75) is 37.4 Å². The fourth-order valence-electron chi connectivity index (χ4n) is 1.93. The molecule has 0 aromatic rings. The fourth-order valence-corrected chi connectivity index (χ4v) is 2.28. The number of hydrogen-bond donors (Lipinski definition) is 2. The van der Waals surface area contributed by atoms with Crippen molar-refractivity contribution in [3.8, 4) is 0 Å². The molecule has 2 amide bonds. The predicted molar refractivity (Wildman–Crippen MR) is 77.9 cm³/mol. The number of aldehydes is 1. The summed E-state index contributed by atoms with van der Waals surface area (Å²) in [7, 11) is 0. The summed E-state index contributed by atoms with van der Waals surface area (Å²) < 4.78 is 0. The van der Waals surface area contributed by atoms with Gasteiger partial charge in [0.05, 0.1) is 5.25 Å². The zero-order valence-corrected chi connectivity index (χ0v) is 11.8. The normalized spacial score (nSPS) is 18.8. The molecule has 0 bridgehead atoms. The van der Waals surface area contributed by atoms with Gasteiger partial charge in [0, 0.05) is 39.5 Å². The van der Waals surface area contributed by atoms with Gasteiger partial charge in [-0.3, -0.25) is 9.59 Å². The molecule has 1 aliphatic rings. The van der Waals surface area contributed by atoms with Crippen LogP contribution in [0, 0.1) is 0 Å². The van der Waals surface area contributed by atoms with Crippen molar-refractivity contribution >= 4 is 30.7 Å². The van der Waals surface area contributed by atoms with E-state index in [1.54, 1.807) is 4.90 Å². The van der Waals surface area contributed by atoms with Crippen LogP contribution in [0.2, 0.25) is 0 Å². The molecule has 0 saturated carbocycles. The van der Waals surface area contributed by atoms with Gasteiger partial charge in [-0.1, -0.05) is 6.58 Å². The Hall–Kier alpha value is -1.30. The summed E-state index contributed by atoms with van der Waals surface area (Å²) in [6, 6.07) is 0. The molecule has 5 nitrogen and oxygen atoms in total. The van der Waals surface area contributed by atoms with Crippen LogP contribution in [0.1, 0.15) is 33.5 Å². The average molecular weight is 286 g/mol. The van der Waals surface area contributed by atoms with Gasteiger partial charge in [-0.25, -0.2) is 0 Å². The van der Waals surface area contributed by atoms with Crippen LogP contribution >= 0.6 is 12.6 Å². The molecule has 108 valence electrons. The molecule has 1 rings (SSSR count). The van der Waals surface area contributed by atoms with Crippen LogP contribution in [-0.4, -0.2) is 41.3 Å². The number of hydrogen-bond acceptors (Lipinski definition) is 4. The van der Waals surface area contributed by atoms with Crippen molar-refractivity contribution in [1.29, 1.82) is 0 Å². The second kappa shape index (κ2) is 7.99. The van der Waals surface area contributed by atoms with Gasteiger partial charge in [0.15, 0.2) is 0 Å². The lowest BCUT2D eigenvalue weighted by Gasteiger charge is -2.17. The van der Waals surface area contributed by atoms with Gasteiger partial charge in [0.2, 0.25) is 11.8 Å². The number of nitrogens with zero attached hydrogens (tertiary/aromatic N) is 1. The Labute approximate surface area is 120 Å². The Morgan fingerprint density at radius 3 is 2.89 bits per heavy atom. The van der Waals surface area contributed by atoms with Crippen LogP contribution in [0.15, 0.2) is 12.3 Å². The third-order valence-corrected chi connectivity index (χ3v) is 3.40. The lowest BCUT2D eigenvalue weighted by molar-refractivity contribution is -0.127. The summed E-state index contributed by atoms with van der Waals surface area (Å²) in [5, 5.41) is 2.46. The van der Waals surface area contributed by atoms with Crippen LogP contribution in [0.5, 0.6) is 0 Å². The number of carbonyl (C=O) groups excluding carboxylic acids is 3. The highest BCUT2D eigenvalue weighted by Gasteiger charge is 2.31. The number of thiol groups is 1. The van der Waals surface area contributed by atoms with E-state index >= 15 is 0 Å². The van der Waals surface area contributed by atoms with Crippen LogP contribution in [-0.2, 0) is 14.4 Å². The van der Waals surface area contributed by atoms with Gasteiger partial charge in [-0.05, 0) is 12.8 Å². The molecule has 6 heteroatoms. The Balaban J connectivity index is 0.00000361. The Morgan fingerprint density at radius 1 is 1.58 bits per heavy atom. The smallest absolute Gasteiger partial charge is 0.240 e. The molecule has 1 unspecified atom stereocenters. The maximum Gasteiger partial charge on any atom is 0.240 e. The van der Waals surface area contributed by atoms with Gasteiger partial charge < -0.3 is 15.0 Å². The molecule has 1 saturated heterocycles. The first-order valence-corrected chi connectivity index (χ1v) is 6.95. The van der Waals surface area contributed by atoms with Crippen LogP contribution in [0.3, 0.4) is 0 Å². The number of carbonyl (C=O) groups is 3. The summed E-state index contributed by atoms with van der Waals surface area (Å²) in [5.74, 6) is -0.0980. The minimum absolute atomic E-state index is 0. The molecule has 1 aliphatic heterocycles. The zero-order valence-electron chi connectivity index (χ0n) is 10.9.